The number of amidine groups is 1. The number of nitrogens with one attached hydrogen (secondary N) is 1. The van der Waals surface area contributed by atoms with Gasteiger partial charge in [-0.15, -0.1) is 6.42 Å². The maximum absolute atomic E-state index is 14.8. The summed E-state index contributed by atoms with van der Waals surface area (Å²) in [6.07, 6.45) is 7.54. The molecule has 1 heterocycles. The van der Waals surface area contributed by atoms with Gasteiger partial charge in [0.05, 0.1) is 23.7 Å². The number of benzene rings is 1. The molecule has 3 N–H and O–H groups in total. The maximum Gasteiger partial charge on any atom is 0.275 e. The number of terminal acetylenes is 1. The molecule has 11 heteroatoms. The summed E-state index contributed by atoms with van der Waals surface area (Å²) in [5.41, 5.74) is 6.06. The fraction of sp³-hybridized carbons (Fsp3) is 0.364. The predicted molar refractivity (Wildman–Crippen MR) is 122 cm³/mol. The number of halogens is 2. The first-order chi connectivity index (χ1) is 15.8. The van der Waals surface area contributed by atoms with Crippen LogP contribution < -0.4 is 15.8 Å². The van der Waals surface area contributed by atoms with Gasteiger partial charge in [0.25, 0.3) is 5.91 Å². The zero-order chi connectivity index (χ0) is 24.2. The molecule has 174 valence electrons. The van der Waals surface area contributed by atoms with Crippen LogP contribution in [0.2, 0.25) is 0 Å². The highest BCUT2D eigenvalue weighted by molar-refractivity contribution is 8.15. The quantitative estimate of drug-likeness (QED) is 0.343. The molecule has 1 aliphatic carbocycles. The smallest absolute Gasteiger partial charge is 0.275 e. The van der Waals surface area contributed by atoms with E-state index < -0.39 is 28.2 Å². The average molecular weight is 476 g/mol. The van der Waals surface area contributed by atoms with Crippen molar-refractivity contribution in [1.29, 1.82) is 0 Å². The van der Waals surface area contributed by atoms with Gasteiger partial charge in [0.15, 0.2) is 23.4 Å². The van der Waals surface area contributed by atoms with E-state index >= 15 is 0 Å². The van der Waals surface area contributed by atoms with Crippen LogP contribution in [0.15, 0.2) is 29.5 Å². The summed E-state index contributed by atoms with van der Waals surface area (Å²) in [4.78, 5) is 24.4. The molecule has 1 unspecified atom stereocenters. The molecular weight excluding hydrogens is 452 g/mol. The van der Waals surface area contributed by atoms with Gasteiger partial charge in [-0.25, -0.2) is 18.7 Å². The Morgan fingerprint density at radius 2 is 2.15 bits per heavy atom. The monoisotopic (exact) mass is 475 g/mol. The van der Waals surface area contributed by atoms with Gasteiger partial charge >= 0.3 is 0 Å². The molecule has 2 aromatic rings. The first-order valence-electron chi connectivity index (χ1n) is 9.86. The van der Waals surface area contributed by atoms with E-state index in [0.29, 0.717) is 5.17 Å². The largest absolute Gasteiger partial charge is 0.463 e. The van der Waals surface area contributed by atoms with Crippen LogP contribution in [0.25, 0.3) is 0 Å². The second kappa shape index (κ2) is 10.1. The number of aromatic nitrogens is 2. The molecule has 0 saturated heterocycles. The number of hydrogen-bond donors (Lipinski definition) is 2. The summed E-state index contributed by atoms with van der Waals surface area (Å²) in [7, 11) is 3.08. The number of aliphatic imine (C=N–C) groups is 1. The third-order valence-corrected chi connectivity index (χ3v) is 6.90. The summed E-state index contributed by atoms with van der Waals surface area (Å²) >= 11 is 1.27. The van der Waals surface area contributed by atoms with Crippen molar-refractivity contribution in [3.63, 3.8) is 0 Å². The number of nitrogens with two attached hydrogens (primary N) is 1. The molecule has 1 aliphatic rings. The van der Waals surface area contributed by atoms with E-state index in [1.54, 1.807) is 7.05 Å². The zero-order valence-electron chi connectivity index (χ0n) is 18.3. The van der Waals surface area contributed by atoms with Crippen LogP contribution in [-0.2, 0) is 4.74 Å². The van der Waals surface area contributed by atoms with Gasteiger partial charge in [-0.2, -0.15) is 0 Å². The average Bonchev–Trinajstić information content (AvgIpc) is 3.36. The van der Waals surface area contributed by atoms with Gasteiger partial charge in [-0.1, -0.05) is 24.6 Å². The molecule has 0 radical (unpaired) electrons. The summed E-state index contributed by atoms with van der Waals surface area (Å²) in [6.45, 7) is 2.18. The number of carbonyl (C=O) groups is 1. The second-order valence-corrected chi connectivity index (χ2v) is 8.75. The zero-order valence-corrected chi connectivity index (χ0v) is 19.1. The van der Waals surface area contributed by atoms with Crippen LogP contribution in [-0.4, -0.2) is 53.2 Å². The third kappa shape index (κ3) is 5.07. The molecule has 8 nitrogen and oxygen atoms in total. The van der Waals surface area contributed by atoms with Gasteiger partial charge < -0.3 is 20.5 Å². The van der Waals surface area contributed by atoms with Crippen LogP contribution >= 0.6 is 11.8 Å². The standard InChI is InChI=1S/C22H23F2N5O3S/c1-5-6-32-17-10-27-16(9-28-17)20(30)29-13-7-14(19(24)15(23)8-13)18-12(2)22(18,11-31-4)33-21(25)26-3/h1,7-10,12,18H,6,11H2,2-4H3,(H2,25,26)(H,29,30)/t12-,18?,22-/m0/s1. The van der Waals surface area contributed by atoms with Crippen molar-refractivity contribution < 1.29 is 23.0 Å². The number of amides is 1. The number of rotatable bonds is 8. The molecule has 3 atom stereocenters. The Bertz CT molecular complexity index is 1110. The molecule has 0 bridgehead atoms. The Hall–Kier alpha value is -3.23. The summed E-state index contributed by atoms with van der Waals surface area (Å²) in [6, 6.07) is 2.32. The topological polar surface area (TPSA) is 112 Å². The lowest BCUT2D eigenvalue weighted by Gasteiger charge is -2.17. The highest BCUT2D eigenvalue weighted by Crippen LogP contribution is 2.66. The Kier molecular flexibility index (Phi) is 7.50. The van der Waals surface area contributed by atoms with Crippen molar-refractivity contribution >= 4 is 28.5 Å². The van der Waals surface area contributed by atoms with Crippen molar-refractivity contribution in [3.8, 4) is 18.2 Å². The molecule has 1 fully saturated rings. The highest BCUT2D eigenvalue weighted by atomic mass is 32.2. The fourth-order valence-corrected chi connectivity index (χ4v) is 5.10. The lowest BCUT2D eigenvalue weighted by atomic mass is 10.1. The van der Waals surface area contributed by atoms with E-state index in [9.17, 15) is 13.6 Å². The van der Waals surface area contributed by atoms with E-state index in [0.717, 1.165) is 6.07 Å². The van der Waals surface area contributed by atoms with E-state index in [4.69, 9.17) is 21.6 Å². The lowest BCUT2D eigenvalue weighted by Crippen LogP contribution is -2.23. The SMILES string of the molecule is C#CCOc1cnc(C(=O)Nc2cc(F)c(F)c(C3[C@H](C)[C@]3(COC)S/C(N)=N\C)c2)cn1. The number of carbonyl (C=O) groups excluding carboxylic acids is 1. The van der Waals surface area contributed by atoms with Gasteiger partial charge in [0.2, 0.25) is 5.88 Å². The highest BCUT2D eigenvalue weighted by Gasteiger charge is 2.64. The van der Waals surface area contributed by atoms with E-state index in [1.807, 2.05) is 6.92 Å². The van der Waals surface area contributed by atoms with Gasteiger partial charge in [0.1, 0.15) is 5.69 Å². The molecule has 1 aromatic heterocycles. The van der Waals surface area contributed by atoms with Crippen LogP contribution in [0.4, 0.5) is 14.5 Å². The second-order valence-electron chi connectivity index (χ2n) is 7.37. The molecule has 0 aliphatic heterocycles. The van der Waals surface area contributed by atoms with E-state index in [2.05, 4.69) is 26.2 Å². The van der Waals surface area contributed by atoms with Crippen LogP contribution in [0, 0.1) is 29.9 Å². The molecule has 1 amide bonds. The van der Waals surface area contributed by atoms with Gasteiger partial charge in [-0.05, 0) is 17.5 Å². The van der Waals surface area contributed by atoms with Gasteiger partial charge in [0, 0.05) is 31.8 Å². The minimum absolute atomic E-state index is 0.00997. The number of methoxy groups -OCH3 is 1. The Morgan fingerprint density at radius 3 is 2.76 bits per heavy atom. The van der Waals surface area contributed by atoms with Crippen molar-refractivity contribution in [2.75, 3.05) is 32.7 Å². The number of thioether (sulfide) groups is 1. The van der Waals surface area contributed by atoms with Crippen molar-refractivity contribution in [2.45, 2.75) is 17.6 Å². The third-order valence-electron chi connectivity index (χ3n) is 5.39. The molecular formula is C22H23F2N5O3S. The number of ether oxygens (including phenoxy) is 2. The molecule has 3 rings (SSSR count). The minimum Gasteiger partial charge on any atom is -0.463 e. The Morgan fingerprint density at radius 1 is 1.39 bits per heavy atom. The molecule has 1 aromatic carbocycles. The first-order valence-corrected chi connectivity index (χ1v) is 10.7. The fourth-order valence-electron chi connectivity index (χ4n) is 3.73. The predicted octanol–water partition coefficient (Wildman–Crippen LogP) is 2.82. The van der Waals surface area contributed by atoms with Crippen molar-refractivity contribution in [3.05, 3.63) is 47.4 Å². The van der Waals surface area contributed by atoms with Crippen LogP contribution in [0.5, 0.6) is 5.88 Å². The Labute approximate surface area is 194 Å². The van der Waals surface area contributed by atoms with E-state index in [-0.39, 0.29) is 42.0 Å². The first kappa shape index (κ1) is 24.4. The lowest BCUT2D eigenvalue weighted by molar-refractivity contribution is 0.102. The Balaban J connectivity index is 1.84. The minimum atomic E-state index is -1.08. The number of hydrogen-bond acceptors (Lipinski definition) is 7. The molecule has 1 saturated carbocycles. The van der Waals surface area contributed by atoms with Crippen LogP contribution in [0.3, 0.4) is 0 Å². The number of nitrogens with zero attached hydrogens (tertiary/aromatic N) is 3. The van der Waals surface area contributed by atoms with Crippen molar-refractivity contribution in [1.82, 2.24) is 9.97 Å². The van der Waals surface area contributed by atoms with E-state index in [1.165, 1.54) is 37.3 Å². The molecule has 0 spiro atoms. The number of anilines is 1. The molecule has 33 heavy (non-hydrogen) atoms. The summed E-state index contributed by atoms with van der Waals surface area (Å²) in [5, 5.41) is 2.85. The van der Waals surface area contributed by atoms with Crippen LogP contribution in [0.1, 0.15) is 28.9 Å². The van der Waals surface area contributed by atoms with Gasteiger partial charge in [-0.3, -0.25) is 9.79 Å². The summed E-state index contributed by atoms with van der Waals surface area (Å²) < 4.78 is 39.1. The van der Waals surface area contributed by atoms with Crippen molar-refractivity contribution in [2.24, 2.45) is 16.6 Å². The normalized spacial score (nSPS) is 21.9. The maximum atomic E-state index is 14.8. The summed E-state index contributed by atoms with van der Waals surface area (Å²) in [5.74, 6) is -0.749.